The minimum Gasteiger partial charge on any atom is -0.505 e. The first-order valence-corrected chi connectivity index (χ1v) is 7.53. The van der Waals surface area contributed by atoms with Crippen LogP contribution in [-0.4, -0.2) is 30.4 Å². The molecule has 0 saturated heterocycles. The lowest BCUT2D eigenvalue weighted by Crippen LogP contribution is -2.27. The average molecular weight is 339 g/mol. The molecule has 0 atom stereocenters. The predicted molar refractivity (Wildman–Crippen MR) is 93.8 cm³/mol. The Morgan fingerprint density at radius 2 is 1.68 bits per heavy atom. The van der Waals surface area contributed by atoms with Crippen LogP contribution in [0.4, 0.5) is 5.69 Å². The Bertz CT molecular complexity index is 938. The second kappa shape index (κ2) is 6.70. The standard InChI is InChI=1S/C19H17NO5/c1-24-16-10-8-13(11-17(16)25-2)19(22)20(23)15-9-7-12-5-3-4-6-14(12)18(15)21/h3-11,21,23H,1-2H3. The van der Waals surface area contributed by atoms with Gasteiger partial charge in [-0.05, 0) is 29.7 Å². The van der Waals surface area contributed by atoms with Gasteiger partial charge < -0.3 is 14.6 Å². The molecule has 6 heteroatoms. The van der Waals surface area contributed by atoms with Crippen molar-refractivity contribution in [3.8, 4) is 17.2 Å². The number of carbonyl (C=O) groups is 1. The van der Waals surface area contributed by atoms with Gasteiger partial charge in [-0.15, -0.1) is 0 Å². The van der Waals surface area contributed by atoms with Crippen molar-refractivity contribution in [2.75, 3.05) is 19.3 Å². The number of ether oxygens (including phenoxy) is 2. The fraction of sp³-hybridized carbons (Fsp3) is 0.105. The zero-order valence-electron chi connectivity index (χ0n) is 13.8. The highest BCUT2D eigenvalue weighted by Crippen LogP contribution is 2.35. The summed E-state index contributed by atoms with van der Waals surface area (Å²) in [4.78, 5) is 12.6. The van der Waals surface area contributed by atoms with Crippen LogP contribution < -0.4 is 14.5 Å². The molecule has 0 fully saturated rings. The van der Waals surface area contributed by atoms with Gasteiger partial charge in [-0.25, -0.2) is 0 Å². The monoisotopic (exact) mass is 339 g/mol. The smallest absolute Gasteiger partial charge is 0.282 e. The van der Waals surface area contributed by atoms with Crippen molar-refractivity contribution >= 4 is 22.4 Å². The zero-order valence-corrected chi connectivity index (χ0v) is 13.8. The third-order valence-corrected chi connectivity index (χ3v) is 3.93. The summed E-state index contributed by atoms with van der Waals surface area (Å²) in [7, 11) is 2.95. The maximum Gasteiger partial charge on any atom is 0.282 e. The Labute approximate surface area is 144 Å². The van der Waals surface area contributed by atoms with Crippen LogP contribution in [0.3, 0.4) is 0 Å². The highest BCUT2D eigenvalue weighted by molar-refractivity contribution is 6.07. The van der Waals surface area contributed by atoms with E-state index in [2.05, 4.69) is 0 Å². The molecule has 0 saturated carbocycles. The molecular formula is C19H17NO5. The lowest BCUT2D eigenvalue weighted by atomic mass is 10.1. The molecule has 3 aromatic rings. The normalized spacial score (nSPS) is 10.5. The van der Waals surface area contributed by atoms with Crippen LogP contribution >= 0.6 is 0 Å². The lowest BCUT2D eigenvalue weighted by molar-refractivity contribution is 0.0852. The number of aromatic hydroxyl groups is 1. The van der Waals surface area contributed by atoms with E-state index in [1.807, 2.05) is 12.1 Å². The number of rotatable bonds is 4. The van der Waals surface area contributed by atoms with Crippen LogP contribution in [-0.2, 0) is 0 Å². The number of benzene rings is 3. The molecule has 0 aliphatic carbocycles. The van der Waals surface area contributed by atoms with Crippen LogP contribution in [0.15, 0.2) is 54.6 Å². The third kappa shape index (κ3) is 2.95. The van der Waals surface area contributed by atoms with Crippen molar-refractivity contribution in [1.29, 1.82) is 0 Å². The first kappa shape index (κ1) is 16.6. The van der Waals surface area contributed by atoms with Crippen molar-refractivity contribution in [2.24, 2.45) is 0 Å². The molecule has 3 aromatic carbocycles. The molecule has 128 valence electrons. The summed E-state index contributed by atoms with van der Waals surface area (Å²) in [6.07, 6.45) is 0. The molecule has 1 amide bonds. The van der Waals surface area contributed by atoms with E-state index in [4.69, 9.17) is 9.47 Å². The van der Waals surface area contributed by atoms with Crippen molar-refractivity contribution in [3.05, 3.63) is 60.2 Å². The van der Waals surface area contributed by atoms with Gasteiger partial charge in [0.2, 0.25) is 0 Å². The number of phenolic OH excluding ortho intramolecular Hbond substituents is 1. The number of carbonyl (C=O) groups excluding carboxylic acids is 1. The molecule has 0 bridgehead atoms. The fourth-order valence-electron chi connectivity index (χ4n) is 2.62. The quantitative estimate of drug-likeness (QED) is 0.561. The van der Waals surface area contributed by atoms with E-state index in [9.17, 15) is 15.1 Å². The maximum atomic E-state index is 12.6. The van der Waals surface area contributed by atoms with Gasteiger partial charge in [0.05, 0.1) is 14.2 Å². The van der Waals surface area contributed by atoms with Crippen molar-refractivity contribution < 1.29 is 24.6 Å². The van der Waals surface area contributed by atoms with E-state index in [0.717, 1.165) is 5.39 Å². The maximum absolute atomic E-state index is 12.6. The van der Waals surface area contributed by atoms with Gasteiger partial charge in [-0.3, -0.25) is 10.0 Å². The van der Waals surface area contributed by atoms with E-state index >= 15 is 0 Å². The minimum atomic E-state index is -0.702. The number of hydrogen-bond acceptors (Lipinski definition) is 5. The van der Waals surface area contributed by atoms with Gasteiger partial charge in [-0.2, -0.15) is 5.06 Å². The number of phenols is 1. The Kier molecular flexibility index (Phi) is 4.45. The van der Waals surface area contributed by atoms with Gasteiger partial charge in [0.25, 0.3) is 5.91 Å². The van der Waals surface area contributed by atoms with Crippen molar-refractivity contribution in [3.63, 3.8) is 0 Å². The van der Waals surface area contributed by atoms with Crippen LogP contribution in [0.2, 0.25) is 0 Å². The van der Waals surface area contributed by atoms with Crippen LogP contribution in [0.1, 0.15) is 10.4 Å². The van der Waals surface area contributed by atoms with E-state index in [-0.39, 0.29) is 17.0 Å². The van der Waals surface area contributed by atoms with Gasteiger partial charge in [0, 0.05) is 10.9 Å². The molecule has 0 spiro atoms. The second-order valence-corrected chi connectivity index (χ2v) is 5.34. The molecular weight excluding hydrogens is 322 g/mol. The summed E-state index contributed by atoms with van der Waals surface area (Å²) in [5.41, 5.74) is 0.186. The second-order valence-electron chi connectivity index (χ2n) is 5.34. The third-order valence-electron chi connectivity index (χ3n) is 3.93. The fourth-order valence-corrected chi connectivity index (χ4v) is 2.62. The van der Waals surface area contributed by atoms with Gasteiger partial charge in [0.15, 0.2) is 11.5 Å². The van der Waals surface area contributed by atoms with Crippen LogP contribution in [0.25, 0.3) is 10.8 Å². The van der Waals surface area contributed by atoms with E-state index < -0.39 is 5.91 Å². The first-order chi connectivity index (χ1) is 12.1. The Hall–Kier alpha value is -3.25. The summed E-state index contributed by atoms with van der Waals surface area (Å²) >= 11 is 0. The first-order valence-electron chi connectivity index (χ1n) is 7.53. The van der Waals surface area contributed by atoms with Gasteiger partial charge in [0.1, 0.15) is 11.4 Å². The lowest BCUT2D eigenvalue weighted by Gasteiger charge is -2.18. The largest absolute Gasteiger partial charge is 0.505 e. The number of amides is 1. The number of anilines is 1. The van der Waals surface area contributed by atoms with Crippen molar-refractivity contribution in [1.82, 2.24) is 0 Å². The predicted octanol–water partition coefficient (Wildman–Crippen LogP) is 3.60. The van der Waals surface area contributed by atoms with Crippen LogP contribution in [0.5, 0.6) is 17.2 Å². The topological polar surface area (TPSA) is 79.2 Å². The SMILES string of the molecule is COc1ccc(C(=O)N(O)c2ccc3ccccc3c2O)cc1OC. The van der Waals surface area contributed by atoms with Crippen molar-refractivity contribution in [2.45, 2.75) is 0 Å². The van der Waals surface area contributed by atoms with Crippen LogP contribution in [0, 0.1) is 0 Å². The Morgan fingerprint density at radius 3 is 2.40 bits per heavy atom. The molecule has 0 aliphatic rings. The highest BCUT2D eigenvalue weighted by Gasteiger charge is 2.21. The molecule has 0 aliphatic heterocycles. The Balaban J connectivity index is 1.99. The Morgan fingerprint density at radius 1 is 0.960 bits per heavy atom. The summed E-state index contributed by atoms with van der Waals surface area (Å²) in [5.74, 6) is -0.0393. The minimum absolute atomic E-state index is 0.00140. The molecule has 2 N–H and O–H groups in total. The summed E-state index contributed by atoms with van der Waals surface area (Å²) in [6.45, 7) is 0. The number of hydroxylamine groups is 1. The highest BCUT2D eigenvalue weighted by atomic mass is 16.5. The molecule has 25 heavy (non-hydrogen) atoms. The number of hydrogen-bond donors (Lipinski definition) is 2. The van der Waals surface area contributed by atoms with E-state index in [0.29, 0.717) is 21.9 Å². The molecule has 3 rings (SSSR count). The molecule has 0 radical (unpaired) electrons. The molecule has 0 heterocycles. The molecule has 6 nitrogen and oxygen atoms in total. The number of methoxy groups -OCH3 is 2. The molecule has 0 aromatic heterocycles. The average Bonchev–Trinajstić information content (AvgIpc) is 2.66. The number of fused-ring (bicyclic) bond motifs is 1. The summed E-state index contributed by atoms with van der Waals surface area (Å²) in [5, 5.41) is 22.5. The summed E-state index contributed by atoms with van der Waals surface area (Å²) < 4.78 is 10.3. The molecule has 0 unspecified atom stereocenters. The van der Waals surface area contributed by atoms with E-state index in [1.54, 1.807) is 24.3 Å². The van der Waals surface area contributed by atoms with Gasteiger partial charge >= 0.3 is 0 Å². The zero-order chi connectivity index (χ0) is 18.0. The van der Waals surface area contributed by atoms with E-state index in [1.165, 1.54) is 32.4 Å². The van der Waals surface area contributed by atoms with Gasteiger partial charge in [-0.1, -0.05) is 30.3 Å². The number of nitrogens with zero attached hydrogens (tertiary/aromatic N) is 1. The summed E-state index contributed by atoms with van der Waals surface area (Å²) in [6, 6.07) is 14.9.